The molecule has 2 rings (SSSR count). The van der Waals surface area contributed by atoms with Gasteiger partial charge in [-0.25, -0.2) is 0 Å². The second-order valence-electron chi connectivity index (χ2n) is 5.70. The SMILES string of the molecule is CC(C)Cn1cc(CCN)c2ccc(/C(C=N)=C/O)cc21. The molecule has 0 bridgehead atoms. The number of hydrogen-bond acceptors (Lipinski definition) is 3. The Bertz CT molecular complexity index is 668. The van der Waals surface area contributed by atoms with Crippen molar-refractivity contribution in [2.45, 2.75) is 26.8 Å². The number of aromatic nitrogens is 1. The molecule has 1 heterocycles. The molecule has 112 valence electrons. The van der Waals surface area contributed by atoms with Crippen molar-refractivity contribution in [1.29, 1.82) is 5.41 Å². The van der Waals surface area contributed by atoms with Crippen LogP contribution in [0.5, 0.6) is 0 Å². The summed E-state index contributed by atoms with van der Waals surface area (Å²) in [6.45, 7) is 5.95. The van der Waals surface area contributed by atoms with Crippen molar-refractivity contribution in [1.82, 2.24) is 4.57 Å². The van der Waals surface area contributed by atoms with Gasteiger partial charge in [0.15, 0.2) is 0 Å². The van der Waals surface area contributed by atoms with E-state index < -0.39 is 0 Å². The minimum atomic E-state index is 0.509. The first-order valence-electron chi connectivity index (χ1n) is 7.27. The number of fused-ring (bicyclic) bond motifs is 1. The Morgan fingerprint density at radius 3 is 2.76 bits per heavy atom. The number of hydrogen-bond donors (Lipinski definition) is 3. The minimum Gasteiger partial charge on any atom is -0.515 e. The predicted octanol–water partition coefficient (Wildman–Crippen LogP) is 3.35. The van der Waals surface area contributed by atoms with E-state index in [1.54, 1.807) is 0 Å². The number of benzene rings is 1. The van der Waals surface area contributed by atoms with Gasteiger partial charge in [0, 0.05) is 35.4 Å². The number of nitrogens with two attached hydrogens (primary N) is 1. The van der Waals surface area contributed by atoms with Gasteiger partial charge in [-0.15, -0.1) is 0 Å². The van der Waals surface area contributed by atoms with Gasteiger partial charge in [-0.2, -0.15) is 0 Å². The smallest absolute Gasteiger partial charge is 0.0885 e. The lowest BCUT2D eigenvalue weighted by Crippen LogP contribution is -2.04. The van der Waals surface area contributed by atoms with Crippen LogP contribution >= 0.6 is 0 Å². The number of allylic oxidation sites excluding steroid dienone is 1. The molecule has 0 saturated carbocycles. The fourth-order valence-electron chi connectivity index (χ4n) is 2.64. The molecule has 1 aromatic carbocycles. The maximum Gasteiger partial charge on any atom is 0.0885 e. The molecule has 0 fully saturated rings. The molecule has 0 aliphatic carbocycles. The standard InChI is InChI=1S/C17H23N3O/c1-12(2)9-20-10-14(5-6-18)16-4-3-13(7-17(16)20)15(8-19)11-21/h3-4,7-8,10-12,19,21H,5-6,9,18H2,1-2H3/b15-11+,19-8?. The quantitative estimate of drug-likeness (QED) is 0.562. The van der Waals surface area contributed by atoms with Crippen LogP contribution < -0.4 is 5.73 Å². The number of rotatable bonds is 6. The Hall–Kier alpha value is -2.07. The molecule has 4 N–H and O–H groups in total. The van der Waals surface area contributed by atoms with Crippen molar-refractivity contribution in [3.63, 3.8) is 0 Å². The lowest BCUT2D eigenvalue weighted by atomic mass is 10.0. The van der Waals surface area contributed by atoms with E-state index >= 15 is 0 Å². The van der Waals surface area contributed by atoms with Gasteiger partial charge in [0.25, 0.3) is 0 Å². The third-order valence-electron chi connectivity index (χ3n) is 3.57. The fourth-order valence-corrected chi connectivity index (χ4v) is 2.64. The largest absolute Gasteiger partial charge is 0.515 e. The van der Waals surface area contributed by atoms with Crippen molar-refractivity contribution < 1.29 is 5.11 Å². The molecule has 0 radical (unpaired) electrons. The Kier molecular flexibility index (Phi) is 4.81. The Morgan fingerprint density at radius 2 is 2.19 bits per heavy atom. The monoisotopic (exact) mass is 285 g/mol. The van der Waals surface area contributed by atoms with Crippen LogP contribution in [-0.4, -0.2) is 22.4 Å². The summed E-state index contributed by atoms with van der Waals surface area (Å²) in [7, 11) is 0. The topological polar surface area (TPSA) is 75.0 Å². The zero-order chi connectivity index (χ0) is 15.4. The van der Waals surface area contributed by atoms with Gasteiger partial charge in [-0.05, 0) is 36.1 Å². The Morgan fingerprint density at radius 1 is 1.43 bits per heavy atom. The summed E-state index contributed by atoms with van der Waals surface area (Å²) in [5.41, 5.74) is 9.44. The van der Waals surface area contributed by atoms with Crippen LogP contribution in [0.2, 0.25) is 0 Å². The van der Waals surface area contributed by atoms with Gasteiger partial charge >= 0.3 is 0 Å². The summed E-state index contributed by atoms with van der Waals surface area (Å²) in [6, 6.07) is 6.03. The molecule has 0 amide bonds. The molecular weight excluding hydrogens is 262 g/mol. The zero-order valence-corrected chi connectivity index (χ0v) is 12.6. The third-order valence-corrected chi connectivity index (χ3v) is 3.57. The van der Waals surface area contributed by atoms with E-state index in [9.17, 15) is 5.11 Å². The molecule has 21 heavy (non-hydrogen) atoms. The van der Waals surface area contributed by atoms with Crippen LogP contribution in [0.3, 0.4) is 0 Å². The van der Waals surface area contributed by atoms with E-state index in [0.29, 0.717) is 18.0 Å². The van der Waals surface area contributed by atoms with Crippen LogP contribution in [0.4, 0.5) is 0 Å². The lowest BCUT2D eigenvalue weighted by molar-refractivity contribution is 0.477. The number of aliphatic hydroxyl groups excluding tert-OH is 1. The molecule has 2 aromatic rings. The van der Waals surface area contributed by atoms with Gasteiger partial charge in [0.1, 0.15) is 0 Å². The molecule has 0 aliphatic rings. The normalized spacial score (nSPS) is 12.3. The number of nitrogens with one attached hydrogen (secondary N) is 1. The highest BCUT2D eigenvalue weighted by molar-refractivity contribution is 6.09. The summed E-state index contributed by atoms with van der Waals surface area (Å²) < 4.78 is 2.24. The van der Waals surface area contributed by atoms with Gasteiger partial charge in [0.2, 0.25) is 0 Å². The summed E-state index contributed by atoms with van der Waals surface area (Å²) in [4.78, 5) is 0. The molecule has 0 unspecified atom stereocenters. The summed E-state index contributed by atoms with van der Waals surface area (Å²) >= 11 is 0. The van der Waals surface area contributed by atoms with Crippen LogP contribution in [0.1, 0.15) is 25.0 Å². The molecule has 0 saturated heterocycles. The first-order chi connectivity index (χ1) is 10.1. The summed E-state index contributed by atoms with van der Waals surface area (Å²) in [5, 5.41) is 17.8. The maximum atomic E-state index is 9.22. The summed E-state index contributed by atoms with van der Waals surface area (Å²) in [5.74, 6) is 0.547. The van der Waals surface area contributed by atoms with Crippen LogP contribution in [0.25, 0.3) is 16.5 Å². The second kappa shape index (κ2) is 6.59. The minimum absolute atomic E-state index is 0.509. The van der Waals surface area contributed by atoms with E-state index in [0.717, 1.165) is 36.5 Å². The van der Waals surface area contributed by atoms with E-state index in [-0.39, 0.29) is 0 Å². The van der Waals surface area contributed by atoms with Crippen molar-refractivity contribution in [2.75, 3.05) is 6.54 Å². The highest BCUT2D eigenvalue weighted by Crippen LogP contribution is 2.26. The lowest BCUT2D eigenvalue weighted by Gasteiger charge is -2.09. The molecule has 0 spiro atoms. The second-order valence-corrected chi connectivity index (χ2v) is 5.70. The van der Waals surface area contributed by atoms with Gasteiger partial charge in [0.05, 0.1) is 6.26 Å². The fraction of sp³-hybridized carbons (Fsp3) is 0.353. The predicted molar refractivity (Wildman–Crippen MR) is 88.9 cm³/mol. The van der Waals surface area contributed by atoms with E-state index in [2.05, 4.69) is 30.7 Å². The van der Waals surface area contributed by atoms with E-state index in [4.69, 9.17) is 11.1 Å². The van der Waals surface area contributed by atoms with Gasteiger partial charge < -0.3 is 20.8 Å². The number of nitrogens with zero attached hydrogens (tertiary/aromatic N) is 1. The highest BCUT2D eigenvalue weighted by atomic mass is 16.2. The maximum absolute atomic E-state index is 9.22. The van der Waals surface area contributed by atoms with Crippen LogP contribution in [0.15, 0.2) is 30.7 Å². The average molecular weight is 285 g/mol. The summed E-state index contributed by atoms with van der Waals surface area (Å²) in [6.07, 6.45) is 5.17. The van der Waals surface area contributed by atoms with Crippen molar-refractivity contribution in [3.8, 4) is 0 Å². The van der Waals surface area contributed by atoms with E-state index in [1.807, 2.05) is 12.1 Å². The third kappa shape index (κ3) is 3.16. The Labute approximate surface area is 125 Å². The average Bonchev–Trinajstić information content (AvgIpc) is 2.78. The van der Waals surface area contributed by atoms with Crippen LogP contribution in [-0.2, 0) is 13.0 Å². The first-order valence-corrected chi connectivity index (χ1v) is 7.27. The van der Waals surface area contributed by atoms with Crippen molar-refractivity contribution in [3.05, 3.63) is 41.8 Å². The number of aliphatic hydroxyl groups is 1. The molecule has 4 nitrogen and oxygen atoms in total. The Balaban J connectivity index is 2.59. The molecular formula is C17H23N3O. The molecule has 0 atom stereocenters. The molecule has 0 aliphatic heterocycles. The first kappa shape index (κ1) is 15.3. The molecule has 4 heteroatoms. The van der Waals surface area contributed by atoms with E-state index in [1.165, 1.54) is 10.9 Å². The van der Waals surface area contributed by atoms with Crippen molar-refractivity contribution >= 4 is 22.7 Å². The zero-order valence-electron chi connectivity index (χ0n) is 12.6. The van der Waals surface area contributed by atoms with Gasteiger partial charge in [-0.3, -0.25) is 0 Å². The van der Waals surface area contributed by atoms with Gasteiger partial charge in [-0.1, -0.05) is 26.0 Å². The van der Waals surface area contributed by atoms with Crippen LogP contribution in [0, 0.1) is 11.3 Å². The van der Waals surface area contributed by atoms with Crippen molar-refractivity contribution in [2.24, 2.45) is 11.7 Å². The molecule has 1 aromatic heterocycles. The highest BCUT2D eigenvalue weighted by Gasteiger charge is 2.11.